The number of phosphoric ester groups is 1. The minimum Gasteiger partial charge on any atom is -0.855 e. The van der Waals surface area contributed by atoms with Crippen molar-refractivity contribution in [1.29, 1.82) is 0 Å². The van der Waals surface area contributed by atoms with Gasteiger partial charge in [-0.2, -0.15) is 0 Å². The number of phosphoric acid groups is 2. The fourth-order valence-corrected chi connectivity index (χ4v) is 3.96. The lowest BCUT2D eigenvalue weighted by atomic mass is 10.1. The Bertz CT molecular complexity index is 981. The lowest BCUT2D eigenvalue weighted by Gasteiger charge is -2.35. The second kappa shape index (κ2) is 20.2. The van der Waals surface area contributed by atoms with Crippen LogP contribution in [0.4, 0.5) is 5.82 Å². The van der Waals surface area contributed by atoms with Gasteiger partial charge in [0.15, 0.2) is 17.7 Å². The largest absolute Gasteiger partial charge is 0.855 e. The molecule has 0 aromatic carbocycles. The normalized spacial score (nSPS) is 21.2. The van der Waals surface area contributed by atoms with Gasteiger partial charge in [0.1, 0.15) is 30.2 Å². The molecule has 38 heavy (non-hydrogen) atoms. The topological polar surface area (TPSA) is 470 Å². The van der Waals surface area contributed by atoms with E-state index in [-0.39, 0.29) is 60.9 Å². The van der Waals surface area contributed by atoms with Crippen molar-refractivity contribution in [1.82, 2.24) is 50.3 Å². The first-order valence-corrected chi connectivity index (χ1v) is 12.0. The van der Waals surface area contributed by atoms with Gasteiger partial charge in [0.2, 0.25) is 0 Å². The second-order valence-electron chi connectivity index (χ2n) is 5.98. The second-order valence-corrected chi connectivity index (χ2v) is 8.68. The van der Waals surface area contributed by atoms with Crippen molar-refractivity contribution in [2.75, 3.05) is 25.6 Å². The molecule has 1 saturated heterocycles. The summed E-state index contributed by atoms with van der Waals surface area (Å²) in [7, 11) is -11.4. The van der Waals surface area contributed by atoms with Crippen LogP contribution in [0.1, 0.15) is 20.1 Å². The summed E-state index contributed by atoms with van der Waals surface area (Å²) in [5, 5.41) is 38.1. The van der Waals surface area contributed by atoms with Gasteiger partial charge in [0, 0.05) is 0 Å². The number of nitrogens with two attached hydrogens (primary N) is 1. The molecule has 1 unspecified atom stereocenters. The molecular formula is C14H42N10O12P2. The Morgan fingerprint density at radius 3 is 1.97 bits per heavy atom. The highest BCUT2D eigenvalue weighted by Gasteiger charge is 2.44. The zero-order valence-electron chi connectivity index (χ0n) is 22.3. The maximum atomic E-state index is 11.3. The van der Waals surface area contributed by atoms with Gasteiger partial charge in [-0.1, -0.05) is 13.8 Å². The fraction of sp³-hybridized carbons (Fsp3) is 0.643. The van der Waals surface area contributed by atoms with Crippen LogP contribution in [0.2, 0.25) is 0 Å². The van der Waals surface area contributed by atoms with Crippen molar-refractivity contribution in [2.45, 2.75) is 38.4 Å². The van der Waals surface area contributed by atoms with Crippen LogP contribution < -0.4 is 61.4 Å². The summed E-state index contributed by atoms with van der Waals surface area (Å²) in [6, 6.07) is 0. The molecule has 24 N–H and O–H groups in total. The van der Waals surface area contributed by atoms with Crippen LogP contribution in [0.15, 0.2) is 12.7 Å². The third kappa shape index (κ3) is 13.3. The molecule has 0 aliphatic carbocycles. The molecule has 24 heteroatoms. The first-order chi connectivity index (χ1) is 15.3. The van der Waals surface area contributed by atoms with E-state index < -0.39 is 46.8 Å². The maximum Gasteiger partial charge on any atom is 0.271 e. The minimum atomic E-state index is -5.85. The van der Waals surface area contributed by atoms with E-state index in [1.54, 1.807) is 13.8 Å². The number of hydrogen-bond donors (Lipinski definition) is 8. The standard InChI is InChI=1S/C10H15N5O10P2.2C2H5O.5H3N/c11-8-5-9(13-2-12-8)15(3-14-5)10-7(17)6(16)4(24-10)1-23-27(21,22)25-26(18,19)20;2*1-2-3;;;;;/h2-4,6-7,10,16-17H,1H2,(H,21,22)(H2,11,12,13)(H2,18,19,20);2*2H2,1H3;5*1H3/q;2*-1;;;;;/p+2/t4-,6-,7-,10-;;;;;;;/m1......./s1. The van der Waals surface area contributed by atoms with E-state index >= 15 is 0 Å². The predicted octanol–water partition coefficient (Wildman–Crippen LogP) is -3.03. The van der Waals surface area contributed by atoms with Gasteiger partial charge in [-0.25, -0.2) is 15.0 Å². The van der Waals surface area contributed by atoms with Crippen molar-refractivity contribution in [3.8, 4) is 0 Å². The van der Waals surface area contributed by atoms with Gasteiger partial charge in [0.25, 0.3) is 7.82 Å². The van der Waals surface area contributed by atoms with E-state index in [1.165, 1.54) is 10.9 Å². The van der Waals surface area contributed by atoms with Crippen LogP contribution in [0, 0.1) is 0 Å². The van der Waals surface area contributed by atoms with E-state index in [0.29, 0.717) is 0 Å². The number of nitrogen functional groups attached to an aromatic ring is 1. The van der Waals surface area contributed by atoms with E-state index in [4.69, 9.17) is 20.7 Å². The molecule has 0 radical (unpaired) electrons. The van der Waals surface area contributed by atoms with Gasteiger partial charge >= 0.3 is 0 Å². The highest BCUT2D eigenvalue weighted by molar-refractivity contribution is 7.58. The summed E-state index contributed by atoms with van der Waals surface area (Å²) < 4.78 is 35.7. The summed E-state index contributed by atoms with van der Waals surface area (Å²) in [6.07, 6.45) is -3.48. The number of rotatable bonds is 6. The zero-order chi connectivity index (χ0) is 25.4. The number of anilines is 1. The number of ether oxygens (including phenoxy) is 1. The van der Waals surface area contributed by atoms with Gasteiger partial charge in [0.05, 0.1) is 20.8 Å². The predicted molar refractivity (Wildman–Crippen MR) is 129 cm³/mol. The lowest BCUT2D eigenvalue weighted by molar-refractivity contribution is -0.362. The summed E-state index contributed by atoms with van der Waals surface area (Å²) in [5.41, 5.74) is 6.04. The Labute approximate surface area is 217 Å². The molecule has 5 atom stereocenters. The molecule has 2 aromatic rings. The average Bonchev–Trinajstić information content (AvgIpc) is 3.23. The molecule has 3 heterocycles. The van der Waals surface area contributed by atoms with Crippen LogP contribution >= 0.6 is 15.6 Å². The van der Waals surface area contributed by atoms with E-state index in [1.807, 2.05) is 0 Å². The molecule has 1 aliphatic rings. The molecule has 0 spiro atoms. The molecule has 0 saturated carbocycles. The Morgan fingerprint density at radius 1 is 1.00 bits per heavy atom. The Morgan fingerprint density at radius 2 is 1.50 bits per heavy atom. The highest BCUT2D eigenvalue weighted by Crippen LogP contribution is 2.50. The highest BCUT2D eigenvalue weighted by atomic mass is 31.3. The summed E-state index contributed by atoms with van der Waals surface area (Å²) >= 11 is 0. The number of aliphatic hydroxyl groups excluding tert-OH is 2. The fourth-order valence-electron chi connectivity index (χ4n) is 2.46. The summed E-state index contributed by atoms with van der Waals surface area (Å²) in [5.74, 6) is 0.0655. The number of hydrogen-bond acceptors (Lipinski definition) is 16. The van der Waals surface area contributed by atoms with E-state index in [9.17, 15) is 34.0 Å². The Hall–Kier alpha value is -1.79. The molecule has 0 amide bonds. The number of nitrogens with zero attached hydrogens (tertiary/aromatic N) is 4. The minimum absolute atomic E-state index is 0. The van der Waals surface area contributed by atoms with Gasteiger partial charge in [-0.15, -0.1) is 13.2 Å². The molecule has 230 valence electrons. The van der Waals surface area contributed by atoms with Crippen LogP contribution in [0.3, 0.4) is 0 Å². The number of aromatic nitrogens is 4. The molecule has 1 fully saturated rings. The van der Waals surface area contributed by atoms with Gasteiger partial charge in [-0.3, -0.25) is 13.4 Å². The molecule has 3 rings (SSSR count). The monoisotopic (exact) mass is 604 g/mol. The van der Waals surface area contributed by atoms with Crippen molar-refractivity contribution >= 4 is 32.6 Å². The summed E-state index contributed by atoms with van der Waals surface area (Å²) in [6.45, 7) is 2.21. The molecule has 0 bridgehead atoms. The quantitative estimate of drug-likeness (QED) is 0.152. The van der Waals surface area contributed by atoms with E-state index in [0.717, 1.165) is 6.33 Å². The van der Waals surface area contributed by atoms with Gasteiger partial charge < -0.3 is 85.4 Å². The van der Waals surface area contributed by atoms with Crippen LogP contribution in [-0.4, -0.2) is 67.9 Å². The van der Waals surface area contributed by atoms with Crippen molar-refractivity contribution in [2.24, 2.45) is 0 Å². The maximum absolute atomic E-state index is 11.3. The first kappa shape index (κ1) is 46.1. The Balaban J connectivity index is -0.000000303. The first-order valence-electron chi connectivity index (χ1n) is 9.11. The number of aliphatic hydroxyl groups is 2. The number of fused-ring (bicyclic) bond motifs is 1. The van der Waals surface area contributed by atoms with Crippen LogP contribution in [0.25, 0.3) is 11.2 Å². The number of imidazole rings is 1. The van der Waals surface area contributed by atoms with Crippen LogP contribution in [0.5, 0.6) is 0 Å². The van der Waals surface area contributed by atoms with Crippen molar-refractivity contribution in [3.05, 3.63) is 12.7 Å². The third-order valence-electron chi connectivity index (χ3n) is 3.60. The average molecular weight is 604 g/mol. The smallest absolute Gasteiger partial charge is 0.271 e. The molecule has 22 nitrogen and oxygen atoms in total. The molecule has 1 aliphatic heterocycles. The third-order valence-corrected chi connectivity index (χ3v) is 5.66. The summed E-state index contributed by atoms with van der Waals surface area (Å²) in [4.78, 5) is 43.7. The Kier molecular flexibility index (Phi) is 24.5. The van der Waals surface area contributed by atoms with Gasteiger partial charge in [-0.05, 0) is 0 Å². The van der Waals surface area contributed by atoms with Crippen molar-refractivity contribution < 1.29 is 57.8 Å². The SMILES string of the molecule is CC[O-].CC[O-].Nc1ncnc2c1ncn2[C@@H]1O[C@H](COP(=O)([O-])OP(=O)([O-])[O-])[C@@H](O)[C@H]1O.[NH4+].[NH4+].[NH4+].[NH4+].[NH4+]. The lowest BCUT2D eigenvalue weighted by Crippen LogP contribution is -2.34. The molecule has 2 aromatic heterocycles. The molecular weight excluding hydrogens is 562 g/mol. The zero-order valence-corrected chi connectivity index (χ0v) is 24.1. The van der Waals surface area contributed by atoms with Crippen molar-refractivity contribution in [3.63, 3.8) is 0 Å². The van der Waals surface area contributed by atoms with E-state index in [2.05, 4.69) is 23.8 Å². The number of quaternary nitrogens is 5. The van der Waals surface area contributed by atoms with Crippen LogP contribution in [-0.2, 0) is 22.7 Å².